The van der Waals surface area contributed by atoms with E-state index in [-0.39, 0.29) is 0 Å². The molecule has 1 aromatic heterocycles. The number of anilines is 1. The highest BCUT2D eigenvalue weighted by molar-refractivity contribution is 5.42. The molecule has 1 atom stereocenters. The van der Waals surface area contributed by atoms with Gasteiger partial charge in [0.05, 0.1) is 6.10 Å². The number of ether oxygens (including phenoxy) is 1. The maximum Gasteiger partial charge on any atom is 0.128 e. The number of hydrogen-bond acceptors (Lipinski definition) is 4. The third kappa shape index (κ3) is 3.43. The maximum atomic E-state index is 5.76. The van der Waals surface area contributed by atoms with Crippen molar-refractivity contribution in [2.24, 2.45) is 5.73 Å². The molecule has 1 unspecified atom stereocenters. The summed E-state index contributed by atoms with van der Waals surface area (Å²) in [5, 5.41) is 0. The molecular weight excluding hydrogens is 226 g/mol. The highest BCUT2D eigenvalue weighted by atomic mass is 16.5. The van der Waals surface area contributed by atoms with E-state index >= 15 is 0 Å². The number of aromatic nitrogens is 1. The third-order valence-electron chi connectivity index (χ3n) is 3.38. The Kier molecular flexibility index (Phi) is 4.55. The molecule has 0 spiro atoms. The van der Waals surface area contributed by atoms with Gasteiger partial charge in [-0.2, -0.15) is 0 Å². The molecular formula is C14H23N3O. The molecule has 2 N–H and O–H groups in total. The van der Waals surface area contributed by atoms with Gasteiger partial charge in [0.1, 0.15) is 5.82 Å². The molecule has 1 aliphatic heterocycles. The number of rotatable bonds is 4. The fraction of sp³-hybridized carbons (Fsp3) is 0.643. The number of nitrogens with two attached hydrogens (primary N) is 1. The summed E-state index contributed by atoms with van der Waals surface area (Å²) in [6.45, 7) is 4.37. The lowest BCUT2D eigenvalue weighted by atomic mass is 10.1. The molecule has 2 rings (SSSR count). The third-order valence-corrected chi connectivity index (χ3v) is 3.38. The molecule has 1 fully saturated rings. The van der Waals surface area contributed by atoms with Gasteiger partial charge in [-0.05, 0) is 43.9 Å². The number of likely N-dealkylation sites (N-methyl/N-ethyl adjacent to an activating group) is 1. The Morgan fingerprint density at radius 1 is 1.44 bits per heavy atom. The van der Waals surface area contributed by atoms with E-state index in [0.717, 1.165) is 36.6 Å². The van der Waals surface area contributed by atoms with Crippen molar-refractivity contribution < 1.29 is 4.74 Å². The van der Waals surface area contributed by atoms with Crippen LogP contribution in [0.25, 0.3) is 0 Å². The first-order chi connectivity index (χ1) is 8.69. The van der Waals surface area contributed by atoms with Gasteiger partial charge in [0.25, 0.3) is 0 Å². The van der Waals surface area contributed by atoms with Crippen molar-refractivity contribution in [3.05, 3.63) is 23.4 Å². The largest absolute Gasteiger partial charge is 0.376 e. The highest BCUT2D eigenvalue weighted by Gasteiger charge is 2.16. The van der Waals surface area contributed by atoms with Gasteiger partial charge < -0.3 is 15.4 Å². The van der Waals surface area contributed by atoms with Crippen LogP contribution in [0.5, 0.6) is 0 Å². The monoisotopic (exact) mass is 249 g/mol. The summed E-state index contributed by atoms with van der Waals surface area (Å²) in [6.07, 6.45) is 3.96. The molecule has 2 heterocycles. The first-order valence-corrected chi connectivity index (χ1v) is 6.69. The Morgan fingerprint density at radius 2 is 2.28 bits per heavy atom. The Hall–Kier alpha value is -1.13. The molecule has 0 aromatic carbocycles. The van der Waals surface area contributed by atoms with Gasteiger partial charge in [-0.25, -0.2) is 4.98 Å². The Bertz CT molecular complexity index is 389. The minimum absolute atomic E-state index is 0.340. The smallest absolute Gasteiger partial charge is 0.128 e. The topological polar surface area (TPSA) is 51.4 Å². The molecule has 100 valence electrons. The molecule has 0 saturated carbocycles. The second-order valence-corrected chi connectivity index (χ2v) is 5.05. The first kappa shape index (κ1) is 13.3. The molecule has 0 amide bonds. The lowest BCUT2D eigenvalue weighted by molar-refractivity contribution is 0.0215. The van der Waals surface area contributed by atoms with Gasteiger partial charge in [0.15, 0.2) is 0 Å². The average Bonchev–Trinajstić information content (AvgIpc) is 2.39. The predicted molar refractivity (Wildman–Crippen MR) is 73.7 cm³/mol. The van der Waals surface area contributed by atoms with Crippen LogP contribution >= 0.6 is 0 Å². The van der Waals surface area contributed by atoms with Crippen molar-refractivity contribution in [1.82, 2.24) is 4.98 Å². The minimum atomic E-state index is 0.340. The zero-order chi connectivity index (χ0) is 13.0. The number of nitrogens with zero attached hydrogens (tertiary/aromatic N) is 2. The van der Waals surface area contributed by atoms with E-state index in [1.54, 1.807) is 0 Å². The van der Waals surface area contributed by atoms with Crippen molar-refractivity contribution in [2.45, 2.75) is 38.8 Å². The van der Waals surface area contributed by atoms with E-state index in [0.29, 0.717) is 12.6 Å². The molecule has 4 nitrogen and oxygen atoms in total. The molecule has 0 bridgehead atoms. The molecule has 0 aliphatic carbocycles. The maximum absolute atomic E-state index is 5.76. The van der Waals surface area contributed by atoms with Crippen LogP contribution in [0.2, 0.25) is 0 Å². The van der Waals surface area contributed by atoms with E-state index in [2.05, 4.69) is 23.0 Å². The van der Waals surface area contributed by atoms with Crippen LogP contribution in [0.4, 0.5) is 5.82 Å². The van der Waals surface area contributed by atoms with Crippen molar-refractivity contribution >= 4 is 5.82 Å². The zero-order valence-electron chi connectivity index (χ0n) is 11.4. The van der Waals surface area contributed by atoms with Crippen molar-refractivity contribution in [3.8, 4) is 0 Å². The fourth-order valence-electron chi connectivity index (χ4n) is 2.38. The molecule has 18 heavy (non-hydrogen) atoms. The number of aryl methyl sites for hydroxylation is 1. The molecule has 4 heteroatoms. The summed E-state index contributed by atoms with van der Waals surface area (Å²) in [5.41, 5.74) is 7.85. The molecule has 1 aliphatic rings. The second-order valence-electron chi connectivity index (χ2n) is 5.05. The molecule has 1 aromatic rings. The van der Waals surface area contributed by atoms with Gasteiger partial charge in [0, 0.05) is 32.4 Å². The first-order valence-electron chi connectivity index (χ1n) is 6.69. The molecule has 1 saturated heterocycles. The van der Waals surface area contributed by atoms with Gasteiger partial charge >= 0.3 is 0 Å². The van der Waals surface area contributed by atoms with Crippen LogP contribution in [0.3, 0.4) is 0 Å². The van der Waals surface area contributed by atoms with E-state index in [4.69, 9.17) is 10.5 Å². The van der Waals surface area contributed by atoms with Gasteiger partial charge in [-0.3, -0.25) is 0 Å². The van der Waals surface area contributed by atoms with Crippen molar-refractivity contribution in [2.75, 3.05) is 25.1 Å². The highest BCUT2D eigenvalue weighted by Crippen LogP contribution is 2.18. The minimum Gasteiger partial charge on any atom is -0.376 e. The second kappa shape index (κ2) is 6.16. The van der Waals surface area contributed by atoms with E-state index < -0.39 is 0 Å². The number of hydrogen-bond donors (Lipinski definition) is 1. The van der Waals surface area contributed by atoms with Crippen LogP contribution in [0, 0.1) is 6.92 Å². The lowest BCUT2D eigenvalue weighted by Gasteiger charge is -2.28. The quantitative estimate of drug-likeness (QED) is 0.885. The fourth-order valence-corrected chi connectivity index (χ4v) is 2.38. The number of pyridine rings is 1. The summed E-state index contributed by atoms with van der Waals surface area (Å²) in [5.74, 6) is 0.990. The van der Waals surface area contributed by atoms with Crippen molar-refractivity contribution in [1.29, 1.82) is 0 Å². The SMILES string of the molecule is Cc1cc(CN)cc(N(C)CC2CCCCO2)n1. The van der Waals surface area contributed by atoms with Crippen molar-refractivity contribution in [3.63, 3.8) is 0 Å². The van der Waals surface area contributed by atoms with Crippen LogP contribution in [0.1, 0.15) is 30.5 Å². The van der Waals surface area contributed by atoms with E-state index in [1.807, 2.05) is 13.0 Å². The zero-order valence-corrected chi connectivity index (χ0v) is 11.4. The van der Waals surface area contributed by atoms with Gasteiger partial charge in [-0.15, -0.1) is 0 Å². The van der Waals surface area contributed by atoms with Gasteiger partial charge in [-0.1, -0.05) is 0 Å². The lowest BCUT2D eigenvalue weighted by Crippen LogP contribution is -2.33. The Balaban J connectivity index is 2.02. The summed E-state index contributed by atoms with van der Waals surface area (Å²) >= 11 is 0. The van der Waals surface area contributed by atoms with Crippen LogP contribution < -0.4 is 10.6 Å². The summed E-state index contributed by atoms with van der Waals surface area (Å²) in [4.78, 5) is 6.73. The van der Waals surface area contributed by atoms with E-state index in [9.17, 15) is 0 Å². The summed E-state index contributed by atoms with van der Waals surface area (Å²) < 4.78 is 5.76. The summed E-state index contributed by atoms with van der Waals surface area (Å²) in [7, 11) is 2.07. The summed E-state index contributed by atoms with van der Waals surface area (Å²) in [6, 6.07) is 4.10. The normalized spacial score (nSPS) is 19.8. The van der Waals surface area contributed by atoms with Crippen LogP contribution in [-0.4, -0.2) is 31.3 Å². The predicted octanol–water partition coefficient (Wildman–Crippen LogP) is 1.85. The van der Waals surface area contributed by atoms with E-state index in [1.165, 1.54) is 12.8 Å². The molecule has 0 radical (unpaired) electrons. The van der Waals surface area contributed by atoms with Crippen LogP contribution in [-0.2, 0) is 11.3 Å². The average molecular weight is 249 g/mol. The van der Waals surface area contributed by atoms with Crippen LogP contribution in [0.15, 0.2) is 12.1 Å². The van der Waals surface area contributed by atoms with Gasteiger partial charge in [0.2, 0.25) is 0 Å². The Labute approximate surface area is 109 Å². The standard InChI is InChI=1S/C14H23N3O/c1-11-7-12(9-15)8-14(16-11)17(2)10-13-5-3-4-6-18-13/h7-8,13H,3-6,9-10,15H2,1-2H3. The Morgan fingerprint density at radius 3 is 2.94 bits per heavy atom.